The van der Waals surface area contributed by atoms with Gasteiger partial charge in [-0.1, -0.05) is 11.8 Å². The number of rotatable bonds is 5. The van der Waals surface area contributed by atoms with Crippen molar-refractivity contribution >= 4 is 11.8 Å². The van der Waals surface area contributed by atoms with Crippen molar-refractivity contribution in [1.29, 1.82) is 0 Å². The predicted octanol–water partition coefficient (Wildman–Crippen LogP) is 1.01. The number of aromatic nitrogens is 5. The van der Waals surface area contributed by atoms with Gasteiger partial charge in [0.1, 0.15) is 5.69 Å². The van der Waals surface area contributed by atoms with Gasteiger partial charge in [-0.25, -0.2) is 4.98 Å². The van der Waals surface area contributed by atoms with Crippen molar-refractivity contribution in [2.45, 2.75) is 5.16 Å². The lowest BCUT2D eigenvalue weighted by atomic mass is 10.4. The first kappa shape index (κ1) is 12.0. The van der Waals surface area contributed by atoms with E-state index in [1.807, 2.05) is 11.6 Å². The molecule has 0 bridgehead atoms. The van der Waals surface area contributed by atoms with Crippen molar-refractivity contribution in [2.75, 3.05) is 19.5 Å². The van der Waals surface area contributed by atoms with Crippen molar-refractivity contribution in [2.24, 2.45) is 7.05 Å². The van der Waals surface area contributed by atoms with E-state index in [1.54, 1.807) is 37.5 Å². The van der Waals surface area contributed by atoms with E-state index in [4.69, 9.17) is 4.74 Å². The molecule has 2 aromatic rings. The minimum absolute atomic E-state index is 0.692. The molecule has 17 heavy (non-hydrogen) atoms. The second-order valence-electron chi connectivity index (χ2n) is 3.30. The zero-order valence-electron chi connectivity index (χ0n) is 9.70. The summed E-state index contributed by atoms with van der Waals surface area (Å²) in [6.07, 6.45) is 4.95. The lowest BCUT2D eigenvalue weighted by molar-refractivity contribution is 0.218. The standard InChI is InChI=1S/C10H13N5OS/c1-15-9(8-7-11-3-4-12-8)13-14-10(15)17-6-5-16-2/h3-4,7H,5-6H2,1-2H3. The van der Waals surface area contributed by atoms with E-state index >= 15 is 0 Å². The number of ether oxygens (including phenoxy) is 1. The highest BCUT2D eigenvalue weighted by molar-refractivity contribution is 7.99. The Balaban J connectivity index is 2.15. The predicted molar refractivity (Wildman–Crippen MR) is 64.6 cm³/mol. The van der Waals surface area contributed by atoms with Gasteiger partial charge < -0.3 is 9.30 Å². The average Bonchev–Trinajstić information content (AvgIpc) is 2.73. The summed E-state index contributed by atoms with van der Waals surface area (Å²) in [7, 11) is 3.60. The Bertz CT molecular complexity index is 473. The summed E-state index contributed by atoms with van der Waals surface area (Å²) in [6.45, 7) is 0.692. The summed E-state index contributed by atoms with van der Waals surface area (Å²) in [5, 5.41) is 9.08. The van der Waals surface area contributed by atoms with Crippen LogP contribution in [0.25, 0.3) is 11.5 Å². The second-order valence-corrected chi connectivity index (χ2v) is 4.36. The second kappa shape index (κ2) is 5.74. The fourth-order valence-corrected chi connectivity index (χ4v) is 2.11. The number of methoxy groups -OCH3 is 1. The molecule has 0 fully saturated rings. The summed E-state index contributed by atoms with van der Waals surface area (Å²) in [5.74, 6) is 1.57. The molecule has 0 aliphatic heterocycles. The molecule has 0 amide bonds. The lowest BCUT2D eigenvalue weighted by Gasteiger charge is -2.02. The molecular formula is C10H13N5OS. The lowest BCUT2D eigenvalue weighted by Crippen LogP contribution is -1.98. The summed E-state index contributed by atoms with van der Waals surface area (Å²) in [4.78, 5) is 8.22. The van der Waals surface area contributed by atoms with Crippen LogP contribution < -0.4 is 0 Å². The third kappa shape index (κ3) is 2.80. The molecule has 0 spiro atoms. The van der Waals surface area contributed by atoms with Crippen molar-refractivity contribution in [3.8, 4) is 11.5 Å². The summed E-state index contributed by atoms with van der Waals surface area (Å²) < 4.78 is 6.90. The molecular weight excluding hydrogens is 238 g/mol. The van der Waals surface area contributed by atoms with Crippen LogP contribution in [0.15, 0.2) is 23.7 Å². The maximum atomic E-state index is 4.99. The Morgan fingerprint density at radius 3 is 2.94 bits per heavy atom. The maximum absolute atomic E-state index is 4.99. The third-order valence-electron chi connectivity index (χ3n) is 2.15. The van der Waals surface area contributed by atoms with Crippen molar-refractivity contribution in [3.05, 3.63) is 18.6 Å². The molecule has 0 saturated carbocycles. The molecule has 0 aromatic carbocycles. The first-order chi connectivity index (χ1) is 8.33. The van der Waals surface area contributed by atoms with Crippen LogP contribution >= 0.6 is 11.8 Å². The zero-order chi connectivity index (χ0) is 12.1. The van der Waals surface area contributed by atoms with E-state index in [1.165, 1.54) is 0 Å². The van der Waals surface area contributed by atoms with Gasteiger partial charge in [-0.2, -0.15) is 0 Å². The van der Waals surface area contributed by atoms with E-state index < -0.39 is 0 Å². The summed E-state index contributed by atoms with van der Waals surface area (Å²) in [5.41, 5.74) is 0.723. The van der Waals surface area contributed by atoms with Crippen LogP contribution in [0.4, 0.5) is 0 Å². The minimum Gasteiger partial charge on any atom is -0.384 e. The van der Waals surface area contributed by atoms with E-state index in [9.17, 15) is 0 Å². The number of thioether (sulfide) groups is 1. The minimum atomic E-state index is 0.692. The van der Waals surface area contributed by atoms with Gasteiger partial charge in [0, 0.05) is 32.3 Å². The average molecular weight is 251 g/mol. The van der Waals surface area contributed by atoms with Crippen LogP contribution in [-0.2, 0) is 11.8 Å². The maximum Gasteiger partial charge on any atom is 0.191 e. The van der Waals surface area contributed by atoms with Gasteiger partial charge in [0.2, 0.25) is 0 Å². The Kier molecular flexibility index (Phi) is 4.05. The molecule has 2 heterocycles. The van der Waals surface area contributed by atoms with E-state index in [-0.39, 0.29) is 0 Å². The Morgan fingerprint density at radius 2 is 2.24 bits per heavy atom. The van der Waals surface area contributed by atoms with Crippen LogP contribution in [0, 0.1) is 0 Å². The van der Waals surface area contributed by atoms with Crippen LogP contribution in [-0.4, -0.2) is 44.2 Å². The number of nitrogens with zero attached hydrogens (tertiary/aromatic N) is 5. The monoisotopic (exact) mass is 251 g/mol. The SMILES string of the molecule is COCCSc1nnc(-c2cnccn2)n1C. The molecule has 2 rings (SSSR count). The first-order valence-corrected chi connectivity index (χ1v) is 6.09. The van der Waals surface area contributed by atoms with Crippen LogP contribution in [0.3, 0.4) is 0 Å². The van der Waals surface area contributed by atoms with Gasteiger partial charge in [-0.05, 0) is 0 Å². The third-order valence-corrected chi connectivity index (χ3v) is 3.13. The van der Waals surface area contributed by atoms with Crippen LogP contribution in [0.2, 0.25) is 0 Å². The summed E-state index contributed by atoms with van der Waals surface area (Å²) >= 11 is 1.60. The largest absolute Gasteiger partial charge is 0.384 e. The highest BCUT2D eigenvalue weighted by atomic mass is 32.2. The number of hydrogen-bond acceptors (Lipinski definition) is 6. The fourth-order valence-electron chi connectivity index (χ4n) is 1.29. The van der Waals surface area contributed by atoms with Gasteiger partial charge >= 0.3 is 0 Å². The van der Waals surface area contributed by atoms with E-state index in [2.05, 4.69) is 20.2 Å². The van der Waals surface area contributed by atoms with Crippen molar-refractivity contribution < 1.29 is 4.74 Å². The van der Waals surface area contributed by atoms with Crippen molar-refractivity contribution in [1.82, 2.24) is 24.7 Å². The van der Waals surface area contributed by atoms with E-state index in [0.717, 1.165) is 22.4 Å². The smallest absolute Gasteiger partial charge is 0.191 e. The Hall–Kier alpha value is -1.47. The fraction of sp³-hybridized carbons (Fsp3) is 0.400. The number of hydrogen-bond donors (Lipinski definition) is 0. The van der Waals surface area contributed by atoms with E-state index in [0.29, 0.717) is 6.61 Å². The highest BCUT2D eigenvalue weighted by Crippen LogP contribution is 2.20. The molecule has 0 saturated heterocycles. The van der Waals surface area contributed by atoms with Crippen LogP contribution in [0.1, 0.15) is 0 Å². The molecule has 6 nitrogen and oxygen atoms in total. The Morgan fingerprint density at radius 1 is 1.35 bits per heavy atom. The molecule has 0 atom stereocenters. The van der Waals surface area contributed by atoms with Gasteiger partial charge in [-0.15, -0.1) is 10.2 Å². The quantitative estimate of drug-likeness (QED) is 0.583. The topological polar surface area (TPSA) is 65.7 Å². The zero-order valence-corrected chi connectivity index (χ0v) is 10.5. The molecule has 0 N–H and O–H groups in total. The van der Waals surface area contributed by atoms with Gasteiger partial charge in [0.15, 0.2) is 11.0 Å². The molecule has 0 radical (unpaired) electrons. The highest BCUT2D eigenvalue weighted by Gasteiger charge is 2.11. The Labute approximate surface area is 103 Å². The normalized spacial score (nSPS) is 10.7. The molecule has 90 valence electrons. The first-order valence-electron chi connectivity index (χ1n) is 5.10. The molecule has 0 aliphatic carbocycles. The molecule has 7 heteroatoms. The molecule has 0 aliphatic rings. The van der Waals surface area contributed by atoms with Crippen molar-refractivity contribution in [3.63, 3.8) is 0 Å². The van der Waals surface area contributed by atoms with Gasteiger partial charge in [0.25, 0.3) is 0 Å². The molecule has 0 unspecified atom stereocenters. The van der Waals surface area contributed by atoms with Gasteiger partial charge in [0.05, 0.1) is 12.8 Å². The summed E-state index contributed by atoms with van der Waals surface area (Å²) in [6, 6.07) is 0. The van der Waals surface area contributed by atoms with Gasteiger partial charge in [-0.3, -0.25) is 4.98 Å². The molecule has 2 aromatic heterocycles. The van der Waals surface area contributed by atoms with Crippen LogP contribution in [0.5, 0.6) is 0 Å².